The van der Waals surface area contributed by atoms with Crippen molar-refractivity contribution in [2.24, 2.45) is 11.7 Å². The van der Waals surface area contributed by atoms with Gasteiger partial charge in [0.1, 0.15) is 5.82 Å². The Morgan fingerprint density at radius 1 is 1.50 bits per heavy atom. The lowest BCUT2D eigenvalue weighted by Crippen LogP contribution is -2.18. The summed E-state index contributed by atoms with van der Waals surface area (Å²) in [7, 11) is 0. The maximum absolute atomic E-state index is 13.2. The lowest BCUT2D eigenvalue weighted by atomic mass is 10.0. The van der Waals surface area contributed by atoms with Gasteiger partial charge < -0.3 is 11.1 Å². The maximum Gasteiger partial charge on any atom is 0.168 e. The summed E-state index contributed by atoms with van der Waals surface area (Å²) in [6.45, 7) is 3.26. The summed E-state index contributed by atoms with van der Waals surface area (Å²) in [5.41, 5.74) is 5.46. The van der Waals surface area contributed by atoms with Gasteiger partial charge in [-0.3, -0.25) is 0 Å². The number of nitrogens with zero attached hydrogens (tertiary/aromatic N) is 1. The Morgan fingerprint density at radius 3 is 2.81 bits per heavy atom. The van der Waals surface area contributed by atoms with Gasteiger partial charge in [0.2, 0.25) is 0 Å². The minimum absolute atomic E-state index is 0.0943. The number of nitrogens with one attached hydrogen (secondary N) is 1. The van der Waals surface area contributed by atoms with Crippen LogP contribution in [0.4, 0.5) is 14.6 Å². The molecule has 3 nitrogen and oxygen atoms in total. The van der Waals surface area contributed by atoms with Crippen molar-refractivity contribution in [3.05, 3.63) is 23.9 Å². The Kier molecular flexibility index (Phi) is 5.11. The zero-order valence-corrected chi connectivity index (χ0v) is 9.34. The fourth-order valence-electron chi connectivity index (χ4n) is 1.47. The highest BCUT2D eigenvalue weighted by atomic mass is 19.1. The van der Waals surface area contributed by atoms with Crippen LogP contribution in [-0.2, 0) is 0 Å². The van der Waals surface area contributed by atoms with E-state index in [0.717, 1.165) is 25.1 Å². The fourth-order valence-corrected chi connectivity index (χ4v) is 1.47. The van der Waals surface area contributed by atoms with Crippen LogP contribution in [-0.4, -0.2) is 18.1 Å². The molecule has 0 aliphatic carbocycles. The molecule has 1 aromatic rings. The van der Waals surface area contributed by atoms with E-state index in [9.17, 15) is 8.78 Å². The molecular formula is C11H17F2N3. The van der Waals surface area contributed by atoms with Crippen molar-refractivity contribution in [3.8, 4) is 0 Å². The third-order valence-electron chi connectivity index (χ3n) is 2.52. The largest absolute Gasteiger partial charge is 0.367 e. The van der Waals surface area contributed by atoms with Crippen molar-refractivity contribution in [1.82, 2.24) is 4.98 Å². The Hall–Kier alpha value is -1.23. The van der Waals surface area contributed by atoms with Crippen LogP contribution in [0.3, 0.4) is 0 Å². The van der Waals surface area contributed by atoms with E-state index in [1.54, 1.807) is 0 Å². The molecule has 1 heterocycles. The maximum atomic E-state index is 13.2. The van der Waals surface area contributed by atoms with Crippen LogP contribution in [0, 0.1) is 17.6 Å². The van der Waals surface area contributed by atoms with Gasteiger partial charge >= 0.3 is 0 Å². The van der Waals surface area contributed by atoms with Crippen LogP contribution >= 0.6 is 0 Å². The zero-order valence-electron chi connectivity index (χ0n) is 9.34. The summed E-state index contributed by atoms with van der Waals surface area (Å²) < 4.78 is 25.8. The smallest absolute Gasteiger partial charge is 0.168 e. The second kappa shape index (κ2) is 6.37. The standard InChI is InChI=1S/C11H17F2N3/c1-2-8(3-4-14)6-15-11-10(13)5-9(12)7-16-11/h5,7-8H,2-4,6,14H2,1H3,(H,15,16). The third kappa shape index (κ3) is 3.73. The average molecular weight is 229 g/mol. The first-order valence-corrected chi connectivity index (χ1v) is 5.42. The molecule has 0 radical (unpaired) electrons. The number of halogens is 2. The summed E-state index contributed by atoms with van der Waals surface area (Å²) in [4.78, 5) is 3.65. The van der Waals surface area contributed by atoms with Crippen LogP contribution in [0.15, 0.2) is 12.3 Å². The van der Waals surface area contributed by atoms with Crippen molar-refractivity contribution in [3.63, 3.8) is 0 Å². The lowest BCUT2D eigenvalue weighted by molar-refractivity contribution is 0.498. The number of nitrogens with two attached hydrogens (primary N) is 1. The first kappa shape index (κ1) is 12.8. The van der Waals surface area contributed by atoms with Crippen molar-refractivity contribution in [2.75, 3.05) is 18.4 Å². The molecule has 0 saturated carbocycles. The molecule has 0 spiro atoms. The molecule has 0 aliphatic rings. The van der Waals surface area contributed by atoms with E-state index in [-0.39, 0.29) is 5.82 Å². The first-order chi connectivity index (χ1) is 7.67. The van der Waals surface area contributed by atoms with Gasteiger partial charge in [0.25, 0.3) is 0 Å². The molecule has 3 N–H and O–H groups in total. The Labute approximate surface area is 94.1 Å². The minimum Gasteiger partial charge on any atom is -0.367 e. The minimum atomic E-state index is -0.669. The number of aromatic nitrogens is 1. The Balaban J connectivity index is 2.53. The highest BCUT2D eigenvalue weighted by Gasteiger charge is 2.08. The van der Waals surface area contributed by atoms with E-state index in [0.29, 0.717) is 19.0 Å². The normalized spacial score (nSPS) is 12.5. The van der Waals surface area contributed by atoms with Crippen LogP contribution in [0.2, 0.25) is 0 Å². The third-order valence-corrected chi connectivity index (χ3v) is 2.52. The number of pyridine rings is 1. The van der Waals surface area contributed by atoms with Gasteiger partial charge in [-0.15, -0.1) is 0 Å². The van der Waals surface area contributed by atoms with Crippen molar-refractivity contribution < 1.29 is 8.78 Å². The number of hydrogen-bond acceptors (Lipinski definition) is 3. The molecule has 0 aromatic carbocycles. The van der Waals surface area contributed by atoms with E-state index < -0.39 is 11.6 Å². The molecule has 0 aliphatic heterocycles. The van der Waals surface area contributed by atoms with E-state index in [1.807, 2.05) is 0 Å². The van der Waals surface area contributed by atoms with Crippen LogP contribution < -0.4 is 11.1 Å². The van der Waals surface area contributed by atoms with E-state index in [1.165, 1.54) is 0 Å². The fraction of sp³-hybridized carbons (Fsp3) is 0.545. The summed E-state index contributed by atoms with van der Waals surface area (Å²) in [5.74, 6) is -0.854. The summed E-state index contributed by atoms with van der Waals surface area (Å²) in [5, 5.41) is 2.87. The van der Waals surface area contributed by atoms with Gasteiger partial charge in [-0.2, -0.15) is 0 Å². The monoisotopic (exact) mass is 229 g/mol. The molecule has 1 unspecified atom stereocenters. The molecule has 16 heavy (non-hydrogen) atoms. The van der Waals surface area contributed by atoms with Crippen LogP contribution in [0.1, 0.15) is 19.8 Å². The van der Waals surface area contributed by atoms with E-state index in [4.69, 9.17) is 5.73 Å². The average Bonchev–Trinajstić information content (AvgIpc) is 2.26. The van der Waals surface area contributed by atoms with Gasteiger partial charge in [0.15, 0.2) is 11.6 Å². The Morgan fingerprint density at radius 2 is 2.25 bits per heavy atom. The molecule has 0 bridgehead atoms. The molecule has 1 rings (SSSR count). The summed E-state index contributed by atoms with van der Waals surface area (Å²) in [6, 6.07) is 0.819. The van der Waals surface area contributed by atoms with E-state index >= 15 is 0 Å². The lowest BCUT2D eigenvalue weighted by Gasteiger charge is -2.15. The van der Waals surface area contributed by atoms with Gasteiger partial charge in [-0.05, 0) is 18.9 Å². The zero-order chi connectivity index (χ0) is 12.0. The van der Waals surface area contributed by atoms with Gasteiger partial charge in [-0.25, -0.2) is 13.8 Å². The van der Waals surface area contributed by atoms with Crippen molar-refractivity contribution in [2.45, 2.75) is 19.8 Å². The van der Waals surface area contributed by atoms with E-state index in [2.05, 4.69) is 17.2 Å². The number of anilines is 1. The van der Waals surface area contributed by atoms with Gasteiger partial charge in [0, 0.05) is 12.6 Å². The molecule has 1 atom stereocenters. The summed E-state index contributed by atoms with van der Waals surface area (Å²) in [6.07, 6.45) is 2.84. The predicted octanol–water partition coefficient (Wildman–Crippen LogP) is 2.15. The second-order valence-corrected chi connectivity index (χ2v) is 3.72. The number of hydrogen-bond donors (Lipinski definition) is 2. The molecular weight excluding hydrogens is 212 g/mol. The molecule has 5 heteroatoms. The molecule has 0 saturated heterocycles. The number of rotatable bonds is 6. The highest BCUT2D eigenvalue weighted by Crippen LogP contribution is 2.13. The van der Waals surface area contributed by atoms with Crippen LogP contribution in [0.5, 0.6) is 0 Å². The molecule has 1 aromatic heterocycles. The molecule has 0 fully saturated rings. The van der Waals surface area contributed by atoms with Gasteiger partial charge in [0.05, 0.1) is 6.20 Å². The topological polar surface area (TPSA) is 50.9 Å². The predicted molar refractivity (Wildman–Crippen MR) is 60.1 cm³/mol. The molecule has 90 valence electrons. The second-order valence-electron chi connectivity index (χ2n) is 3.72. The molecule has 0 amide bonds. The Bertz CT molecular complexity index is 331. The van der Waals surface area contributed by atoms with Crippen molar-refractivity contribution >= 4 is 5.82 Å². The van der Waals surface area contributed by atoms with Crippen molar-refractivity contribution in [1.29, 1.82) is 0 Å². The van der Waals surface area contributed by atoms with Gasteiger partial charge in [-0.1, -0.05) is 13.3 Å². The first-order valence-electron chi connectivity index (χ1n) is 5.42. The SMILES string of the molecule is CCC(CCN)CNc1ncc(F)cc1F. The quantitative estimate of drug-likeness (QED) is 0.785. The highest BCUT2D eigenvalue weighted by molar-refractivity contribution is 5.35. The summed E-state index contributed by atoms with van der Waals surface area (Å²) >= 11 is 0. The van der Waals surface area contributed by atoms with Crippen LogP contribution in [0.25, 0.3) is 0 Å².